The molecule has 2 unspecified atom stereocenters. The zero-order valence-corrected chi connectivity index (χ0v) is 6.73. The van der Waals surface area contributed by atoms with Crippen LogP contribution in [0, 0.1) is 0 Å². The first-order valence-electron chi connectivity index (χ1n) is 3.66. The van der Waals surface area contributed by atoms with Crippen LogP contribution in [0.4, 0.5) is 0 Å². The van der Waals surface area contributed by atoms with Crippen molar-refractivity contribution in [3.8, 4) is 0 Å². The first-order chi connectivity index (χ1) is 5.22. The molecule has 0 saturated carbocycles. The molecule has 3 nitrogen and oxygen atoms in total. The molecule has 0 aliphatic carbocycles. The largest absolute Gasteiger partial charge is 0.393 e. The topological polar surface area (TPSA) is 46.0 Å². The van der Waals surface area contributed by atoms with E-state index in [1.807, 2.05) is 13.0 Å². The van der Waals surface area contributed by atoms with Gasteiger partial charge in [-0.3, -0.25) is 0 Å². The molecule has 0 radical (unpaired) electrons. The fraction of sp³-hybridized carbons (Fsp3) is 0.500. The molecule has 0 spiro atoms. The molecule has 2 atom stereocenters. The van der Waals surface area contributed by atoms with Gasteiger partial charge in [-0.2, -0.15) is 0 Å². The van der Waals surface area contributed by atoms with Crippen LogP contribution in [0.15, 0.2) is 18.6 Å². The Morgan fingerprint density at radius 1 is 1.45 bits per heavy atom. The predicted molar refractivity (Wildman–Crippen MR) is 42.1 cm³/mol. The number of aliphatic hydroxyl groups is 1. The van der Waals surface area contributed by atoms with Gasteiger partial charge in [0.05, 0.1) is 6.10 Å². The van der Waals surface area contributed by atoms with Crippen molar-refractivity contribution in [3.63, 3.8) is 0 Å². The van der Waals surface area contributed by atoms with Crippen molar-refractivity contribution in [2.75, 3.05) is 0 Å². The zero-order chi connectivity index (χ0) is 8.27. The molecule has 1 rings (SSSR count). The summed E-state index contributed by atoms with van der Waals surface area (Å²) in [6, 6.07) is 1.82. The maximum absolute atomic E-state index is 9.21. The van der Waals surface area contributed by atoms with E-state index in [1.165, 1.54) is 6.33 Å². The van der Waals surface area contributed by atoms with Gasteiger partial charge < -0.3 is 5.11 Å². The maximum atomic E-state index is 9.21. The van der Waals surface area contributed by atoms with Gasteiger partial charge in [0.25, 0.3) is 0 Å². The summed E-state index contributed by atoms with van der Waals surface area (Å²) in [6.45, 7) is 3.69. The molecule has 0 bridgehead atoms. The van der Waals surface area contributed by atoms with Gasteiger partial charge in [-0.1, -0.05) is 6.92 Å². The highest BCUT2D eigenvalue weighted by molar-refractivity contribution is 5.05. The van der Waals surface area contributed by atoms with Gasteiger partial charge in [-0.05, 0) is 13.0 Å². The van der Waals surface area contributed by atoms with Crippen molar-refractivity contribution in [2.45, 2.75) is 25.9 Å². The Balaban J connectivity index is 2.77. The third kappa shape index (κ3) is 1.98. The highest BCUT2D eigenvalue weighted by Gasteiger charge is 2.11. The third-order valence-corrected chi connectivity index (χ3v) is 1.79. The van der Waals surface area contributed by atoms with Crippen molar-refractivity contribution >= 4 is 0 Å². The fourth-order valence-electron chi connectivity index (χ4n) is 0.817. The van der Waals surface area contributed by atoms with Gasteiger partial charge in [0.2, 0.25) is 0 Å². The second-order valence-corrected chi connectivity index (χ2v) is 2.66. The average molecular weight is 152 g/mol. The van der Waals surface area contributed by atoms with Crippen LogP contribution < -0.4 is 0 Å². The van der Waals surface area contributed by atoms with E-state index in [-0.39, 0.29) is 12.0 Å². The minimum Gasteiger partial charge on any atom is -0.393 e. The molecule has 1 heterocycles. The summed E-state index contributed by atoms with van der Waals surface area (Å²) in [5.41, 5.74) is 0.884. The molecule has 11 heavy (non-hydrogen) atoms. The number of rotatable bonds is 2. The summed E-state index contributed by atoms with van der Waals surface area (Å²) in [7, 11) is 0. The molecule has 3 heteroatoms. The first kappa shape index (κ1) is 8.14. The van der Waals surface area contributed by atoms with Gasteiger partial charge >= 0.3 is 0 Å². The van der Waals surface area contributed by atoms with Crippen LogP contribution in [-0.2, 0) is 0 Å². The summed E-state index contributed by atoms with van der Waals surface area (Å²) in [5.74, 6) is 0.0815. The van der Waals surface area contributed by atoms with Crippen LogP contribution >= 0.6 is 0 Å². The number of hydrogen-bond acceptors (Lipinski definition) is 3. The van der Waals surface area contributed by atoms with Crippen molar-refractivity contribution in [3.05, 3.63) is 24.3 Å². The molecule has 0 fully saturated rings. The lowest BCUT2D eigenvalue weighted by Crippen LogP contribution is -2.12. The van der Waals surface area contributed by atoms with Crippen molar-refractivity contribution < 1.29 is 5.11 Å². The van der Waals surface area contributed by atoms with Gasteiger partial charge in [0.15, 0.2) is 0 Å². The summed E-state index contributed by atoms with van der Waals surface area (Å²) in [4.78, 5) is 7.82. The van der Waals surface area contributed by atoms with Gasteiger partial charge in [-0.15, -0.1) is 0 Å². The Labute approximate surface area is 66.1 Å². The minimum absolute atomic E-state index is 0.0815. The average Bonchev–Trinajstić information content (AvgIpc) is 2.05. The van der Waals surface area contributed by atoms with Gasteiger partial charge in [-0.25, -0.2) is 9.97 Å². The molecule has 0 aliphatic rings. The van der Waals surface area contributed by atoms with Crippen LogP contribution in [0.25, 0.3) is 0 Å². The third-order valence-electron chi connectivity index (χ3n) is 1.79. The van der Waals surface area contributed by atoms with Crippen LogP contribution in [0.1, 0.15) is 25.5 Å². The zero-order valence-electron chi connectivity index (χ0n) is 6.73. The van der Waals surface area contributed by atoms with Crippen LogP contribution in [0.5, 0.6) is 0 Å². The Kier molecular flexibility index (Phi) is 2.54. The summed E-state index contributed by atoms with van der Waals surface area (Å²) < 4.78 is 0. The molecule has 1 aromatic rings. The maximum Gasteiger partial charge on any atom is 0.115 e. The summed E-state index contributed by atoms with van der Waals surface area (Å²) >= 11 is 0. The van der Waals surface area contributed by atoms with E-state index in [2.05, 4.69) is 9.97 Å². The SMILES string of the molecule is CC(O)C(C)c1ccncn1. The summed E-state index contributed by atoms with van der Waals surface area (Å²) in [5, 5.41) is 9.21. The van der Waals surface area contributed by atoms with Crippen LogP contribution in [0.2, 0.25) is 0 Å². The lowest BCUT2D eigenvalue weighted by molar-refractivity contribution is 0.167. The summed E-state index contributed by atoms with van der Waals surface area (Å²) in [6.07, 6.45) is 2.82. The molecule has 60 valence electrons. The van der Waals surface area contributed by atoms with E-state index in [0.29, 0.717) is 0 Å². The first-order valence-corrected chi connectivity index (χ1v) is 3.66. The minimum atomic E-state index is -0.357. The second-order valence-electron chi connectivity index (χ2n) is 2.66. The number of nitrogens with zero attached hydrogens (tertiary/aromatic N) is 2. The number of aromatic nitrogens is 2. The smallest absolute Gasteiger partial charge is 0.115 e. The van der Waals surface area contributed by atoms with Crippen molar-refractivity contribution in [1.82, 2.24) is 9.97 Å². The van der Waals surface area contributed by atoms with Crippen molar-refractivity contribution in [2.24, 2.45) is 0 Å². The molecule has 0 amide bonds. The lowest BCUT2D eigenvalue weighted by atomic mass is 10.0. The highest BCUT2D eigenvalue weighted by atomic mass is 16.3. The van der Waals surface area contributed by atoms with Crippen LogP contribution in [0.3, 0.4) is 0 Å². The molecule has 0 saturated heterocycles. The van der Waals surface area contributed by atoms with E-state index in [9.17, 15) is 5.11 Å². The highest BCUT2D eigenvalue weighted by Crippen LogP contribution is 2.14. The van der Waals surface area contributed by atoms with Crippen LogP contribution in [-0.4, -0.2) is 21.2 Å². The van der Waals surface area contributed by atoms with Gasteiger partial charge in [0.1, 0.15) is 6.33 Å². The van der Waals surface area contributed by atoms with E-state index >= 15 is 0 Å². The normalized spacial score (nSPS) is 15.9. The Morgan fingerprint density at radius 2 is 2.18 bits per heavy atom. The standard InChI is InChI=1S/C8H12N2O/c1-6(7(2)11)8-3-4-9-5-10-8/h3-7,11H,1-2H3. The van der Waals surface area contributed by atoms with E-state index in [4.69, 9.17) is 0 Å². The number of aliphatic hydroxyl groups excluding tert-OH is 1. The van der Waals surface area contributed by atoms with E-state index < -0.39 is 0 Å². The molecule has 1 N–H and O–H groups in total. The molecule has 0 aromatic carbocycles. The fourth-order valence-corrected chi connectivity index (χ4v) is 0.817. The molecular formula is C8H12N2O. The van der Waals surface area contributed by atoms with Gasteiger partial charge in [0, 0.05) is 17.8 Å². The molecule has 0 aliphatic heterocycles. The monoisotopic (exact) mass is 152 g/mol. The Bertz CT molecular complexity index is 211. The predicted octanol–water partition coefficient (Wildman–Crippen LogP) is 0.961. The van der Waals surface area contributed by atoms with E-state index in [0.717, 1.165) is 5.69 Å². The quantitative estimate of drug-likeness (QED) is 0.686. The molecule has 1 aromatic heterocycles. The Morgan fingerprint density at radius 3 is 2.64 bits per heavy atom. The molecular weight excluding hydrogens is 140 g/mol. The van der Waals surface area contributed by atoms with Crippen molar-refractivity contribution in [1.29, 1.82) is 0 Å². The Hall–Kier alpha value is -0.960. The number of hydrogen-bond donors (Lipinski definition) is 1. The van der Waals surface area contributed by atoms with E-state index in [1.54, 1.807) is 13.1 Å². The lowest BCUT2D eigenvalue weighted by Gasteiger charge is -2.12. The second kappa shape index (κ2) is 3.44.